The van der Waals surface area contributed by atoms with Crippen LogP contribution in [0.2, 0.25) is 5.02 Å². The number of imidazole rings is 1. The largest absolute Gasteiger partial charge is 0.494 e. The first kappa shape index (κ1) is 19.5. The van der Waals surface area contributed by atoms with Crippen LogP contribution in [-0.2, 0) is 13.0 Å². The van der Waals surface area contributed by atoms with Crippen LogP contribution in [0.25, 0.3) is 11.0 Å². The number of benzene rings is 3. The Morgan fingerprint density at radius 3 is 2.38 bits per heavy atom. The highest BCUT2D eigenvalue weighted by atomic mass is 35.5. The molecular weight excluding hydrogens is 380 g/mol. The van der Waals surface area contributed by atoms with Gasteiger partial charge in [-0.05, 0) is 61.2 Å². The highest BCUT2D eigenvalue weighted by Crippen LogP contribution is 2.26. The molecule has 4 aromatic rings. The average Bonchev–Trinajstić information content (AvgIpc) is 3.07. The van der Waals surface area contributed by atoms with Crippen molar-refractivity contribution in [2.75, 3.05) is 6.61 Å². The molecule has 0 aliphatic heterocycles. The Labute approximate surface area is 176 Å². The fourth-order valence-corrected chi connectivity index (χ4v) is 3.80. The van der Waals surface area contributed by atoms with Crippen LogP contribution in [0.3, 0.4) is 0 Å². The molecule has 0 aliphatic carbocycles. The van der Waals surface area contributed by atoms with E-state index < -0.39 is 0 Å². The molecule has 3 aromatic carbocycles. The first-order valence-electron chi connectivity index (χ1n) is 9.99. The Morgan fingerprint density at radius 2 is 1.62 bits per heavy atom. The van der Waals surface area contributed by atoms with Crippen molar-refractivity contribution in [3.05, 3.63) is 94.3 Å². The van der Waals surface area contributed by atoms with Crippen LogP contribution in [0, 0.1) is 13.8 Å². The highest BCUT2D eigenvalue weighted by molar-refractivity contribution is 6.32. The molecule has 0 saturated carbocycles. The quantitative estimate of drug-likeness (QED) is 0.335. The molecule has 0 bridgehead atoms. The lowest BCUT2D eigenvalue weighted by Gasteiger charge is -2.12. The number of para-hydroxylation sites is 2. The van der Waals surface area contributed by atoms with Gasteiger partial charge in [0, 0.05) is 18.0 Å². The SMILES string of the molecule is Cc1cc(OCCCn2c(Cc3ccccc3)nc3ccccc32)cc(C)c1Cl. The Hall–Kier alpha value is -2.78. The van der Waals surface area contributed by atoms with Gasteiger partial charge in [-0.2, -0.15) is 0 Å². The van der Waals surface area contributed by atoms with Gasteiger partial charge < -0.3 is 9.30 Å². The molecule has 0 atom stereocenters. The number of aromatic nitrogens is 2. The molecule has 148 valence electrons. The van der Waals surface area contributed by atoms with Gasteiger partial charge in [-0.25, -0.2) is 4.98 Å². The Morgan fingerprint density at radius 1 is 0.931 bits per heavy atom. The van der Waals surface area contributed by atoms with Gasteiger partial charge in [0.15, 0.2) is 0 Å². The molecule has 29 heavy (non-hydrogen) atoms. The molecular formula is C25H25ClN2O. The van der Waals surface area contributed by atoms with Crippen molar-refractivity contribution in [3.63, 3.8) is 0 Å². The first-order chi connectivity index (χ1) is 14.1. The Kier molecular flexibility index (Phi) is 5.86. The topological polar surface area (TPSA) is 27.1 Å². The number of hydrogen-bond donors (Lipinski definition) is 0. The number of halogens is 1. The van der Waals surface area contributed by atoms with Crippen LogP contribution in [0.5, 0.6) is 5.75 Å². The second-order valence-electron chi connectivity index (χ2n) is 7.40. The molecule has 0 saturated heterocycles. The maximum absolute atomic E-state index is 6.25. The van der Waals surface area contributed by atoms with Gasteiger partial charge in [0.25, 0.3) is 0 Å². The minimum atomic E-state index is 0.651. The molecule has 4 heteroatoms. The van der Waals surface area contributed by atoms with E-state index >= 15 is 0 Å². The number of nitrogens with zero attached hydrogens (tertiary/aromatic N) is 2. The fourth-order valence-electron chi connectivity index (χ4n) is 3.69. The molecule has 0 radical (unpaired) electrons. The van der Waals surface area contributed by atoms with E-state index in [1.165, 1.54) is 11.1 Å². The van der Waals surface area contributed by atoms with E-state index in [0.717, 1.165) is 52.6 Å². The first-order valence-corrected chi connectivity index (χ1v) is 10.4. The summed E-state index contributed by atoms with van der Waals surface area (Å²) >= 11 is 6.25. The van der Waals surface area contributed by atoms with Crippen molar-refractivity contribution in [1.29, 1.82) is 0 Å². The molecule has 1 heterocycles. The normalized spacial score (nSPS) is 11.1. The van der Waals surface area contributed by atoms with Gasteiger partial charge in [0.05, 0.1) is 17.6 Å². The van der Waals surface area contributed by atoms with E-state index in [4.69, 9.17) is 21.3 Å². The van der Waals surface area contributed by atoms with E-state index in [-0.39, 0.29) is 0 Å². The second-order valence-corrected chi connectivity index (χ2v) is 7.78. The maximum Gasteiger partial charge on any atom is 0.119 e. The van der Waals surface area contributed by atoms with Crippen LogP contribution in [0.4, 0.5) is 0 Å². The summed E-state index contributed by atoms with van der Waals surface area (Å²) in [5, 5.41) is 0.813. The molecule has 0 aliphatic rings. The van der Waals surface area contributed by atoms with Crippen molar-refractivity contribution in [2.45, 2.75) is 33.2 Å². The van der Waals surface area contributed by atoms with Crippen molar-refractivity contribution >= 4 is 22.6 Å². The third-order valence-electron chi connectivity index (χ3n) is 5.14. The third-order valence-corrected chi connectivity index (χ3v) is 5.74. The Balaban J connectivity index is 1.48. The van der Waals surface area contributed by atoms with Gasteiger partial charge >= 0.3 is 0 Å². The lowest BCUT2D eigenvalue weighted by atomic mass is 10.1. The van der Waals surface area contributed by atoms with Crippen LogP contribution >= 0.6 is 11.6 Å². The molecule has 4 rings (SSSR count). The summed E-state index contributed by atoms with van der Waals surface area (Å²) in [6.45, 7) is 5.54. The molecule has 0 N–H and O–H groups in total. The molecule has 0 amide bonds. The number of fused-ring (bicyclic) bond motifs is 1. The van der Waals surface area contributed by atoms with Crippen LogP contribution < -0.4 is 4.74 Å². The predicted molar refractivity (Wildman–Crippen MR) is 120 cm³/mol. The van der Waals surface area contributed by atoms with Gasteiger partial charge in [0.1, 0.15) is 11.6 Å². The summed E-state index contributed by atoms with van der Waals surface area (Å²) in [7, 11) is 0. The fraction of sp³-hybridized carbons (Fsp3) is 0.240. The van der Waals surface area contributed by atoms with Gasteiger partial charge in [-0.1, -0.05) is 54.1 Å². The van der Waals surface area contributed by atoms with Crippen molar-refractivity contribution < 1.29 is 4.74 Å². The number of aryl methyl sites for hydroxylation is 3. The average molecular weight is 405 g/mol. The minimum absolute atomic E-state index is 0.651. The summed E-state index contributed by atoms with van der Waals surface area (Å²) in [5.74, 6) is 1.97. The predicted octanol–water partition coefficient (Wildman–Crippen LogP) is 6.37. The zero-order chi connectivity index (χ0) is 20.2. The Bertz CT molecular complexity index is 1100. The summed E-state index contributed by atoms with van der Waals surface area (Å²) in [6, 6.07) is 22.8. The van der Waals surface area contributed by atoms with E-state index in [1.807, 2.05) is 38.1 Å². The smallest absolute Gasteiger partial charge is 0.119 e. The van der Waals surface area contributed by atoms with Gasteiger partial charge in [-0.15, -0.1) is 0 Å². The van der Waals surface area contributed by atoms with E-state index in [0.29, 0.717) is 6.61 Å². The van der Waals surface area contributed by atoms with Crippen LogP contribution in [0.15, 0.2) is 66.7 Å². The number of hydrogen-bond acceptors (Lipinski definition) is 2. The lowest BCUT2D eigenvalue weighted by Crippen LogP contribution is -2.08. The number of ether oxygens (including phenoxy) is 1. The molecule has 3 nitrogen and oxygen atoms in total. The summed E-state index contributed by atoms with van der Waals surface area (Å²) in [5.41, 5.74) is 5.59. The summed E-state index contributed by atoms with van der Waals surface area (Å²) < 4.78 is 8.32. The van der Waals surface area contributed by atoms with Crippen LogP contribution in [-0.4, -0.2) is 16.2 Å². The lowest BCUT2D eigenvalue weighted by molar-refractivity contribution is 0.301. The molecule has 0 fully saturated rings. The second kappa shape index (κ2) is 8.71. The van der Waals surface area contributed by atoms with E-state index in [2.05, 4.69) is 47.0 Å². The molecule has 0 unspecified atom stereocenters. The minimum Gasteiger partial charge on any atom is -0.494 e. The van der Waals surface area contributed by atoms with Crippen LogP contribution in [0.1, 0.15) is 28.9 Å². The van der Waals surface area contributed by atoms with E-state index in [9.17, 15) is 0 Å². The van der Waals surface area contributed by atoms with Crippen molar-refractivity contribution in [2.24, 2.45) is 0 Å². The third kappa shape index (κ3) is 4.46. The zero-order valence-corrected chi connectivity index (χ0v) is 17.6. The maximum atomic E-state index is 6.25. The summed E-state index contributed by atoms with van der Waals surface area (Å²) in [4.78, 5) is 4.89. The van der Waals surface area contributed by atoms with Crippen molar-refractivity contribution in [1.82, 2.24) is 9.55 Å². The molecule has 1 aromatic heterocycles. The zero-order valence-electron chi connectivity index (χ0n) is 16.9. The van der Waals surface area contributed by atoms with Crippen molar-refractivity contribution in [3.8, 4) is 5.75 Å². The monoisotopic (exact) mass is 404 g/mol. The number of rotatable bonds is 7. The van der Waals surface area contributed by atoms with Gasteiger partial charge in [-0.3, -0.25) is 0 Å². The molecule has 0 spiro atoms. The summed E-state index contributed by atoms with van der Waals surface area (Å²) in [6.07, 6.45) is 1.73. The highest BCUT2D eigenvalue weighted by Gasteiger charge is 2.11. The van der Waals surface area contributed by atoms with E-state index in [1.54, 1.807) is 0 Å². The standard InChI is InChI=1S/C25H25ClN2O/c1-18-15-21(16-19(2)25(18)26)29-14-8-13-28-23-12-7-6-11-22(23)27-24(28)17-20-9-4-3-5-10-20/h3-7,9-12,15-16H,8,13-14,17H2,1-2H3. The van der Waals surface area contributed by atoms with Gasteiger partial charge in [0.2, 0.25) is 0 Å².